The zero-order valence-electron chi connectivity index (χ0n) is 9.97. The number of hydrogen-bond donors (Lipinski definition) is 1. The first-order valence-corrected chi connectivity index (χ1v) is 6.93. The predicted molar refractivity (Wildman–Crippen MR) is 79.8 cm³/mol. The molecule has 3 aromatic rings. The fourth-order valence-corrected chi connectivity index (χ4v) is 2.79. The monoisotopic (exact) mass is 290 g/mol. The van der Waals surface area contributed by atoms with E-state index in [1.54, 1.807) is 17.4 Å². The summed E-state index contributed by atoms with van der Waals surface area (Å²) in [6, 6.07) is 13.1. The van der Waals surface area contributed by atoms with E-state index in [-0.39, 0.29) is 0 Å². The summed E-state index contributed by atoms with van der Waals surface area (Å²) >= 11 is 7.54. The lowest BCUT2D eigenvalue weighted by Crippen LogP contribution is -1.95. The molecule has 0 fully saturated rings. The second-order valence-corrected chi connectivity index (χ2v) is 5.63. The van der Waals surface area contributed by atoms with Crippen LogP contribution < -0.4 is 10.5 Å². The summed E-state index contributed by atoms with van der Waals surface area (Å²) in [6.45, 7) is 0.431. The lowest BCUT2D eigenvalue weighted by Gasteiger charge is -2.03. The number of aromatic nitrogens is 1. The normalized spacial score (nSPS) is 10.8. The standard InChI is InChI=1S/C14H11ClN2OS/c15-9-4-5-13-12(6-9)17-14(19-13)8-18-11-3-1-2-10(16)7-11/h1-7H,8,16H2. The Kier molecular flexibility index (Phi) is 3.27. The van der Waals surface area contributed by atoms with Crippen molar-refractivity contribution >= 4 is 38.8 Å². The summed E-state index contributed by atoms with van der Waals surface area (Å²) in [7, 11) is 0. The van der Waals surface area contributed by atoms with Crippen LogP contribution in [0, 0.1) is 0 Å². The Balaban J connectivity index is 1.78. The molecule has 2 aromatic carbocycles. The molecule has 0 aliphatic carbocycles. The van der Waals surface area contributed by atoms with Crippen molar-refractivity contribution in [1.82, 2.24) is 4.98 Å². The van der Waals surface area contributed by atoms with Gasteiger partial charge in [-0.1, -0.05) is 17.7 Å². The Morgan fingerprint density at radius 2 is 2.11 bits per heavy atom. The Labute approximate surface area is 119 Å². The minimum Gasteiger partial charge on any atom is -0.486 e. The largest absolute Gasteiger partial charge is 0.486 e. The number of nitrogen functional groups attached to an aromatic ring is 1. The van der Waals surface area contributed by atoms with Gasteiger partial charge in [0, 0.05) is 16.8 Å². The fraction of sp³-hybridized carbons (Fsp3) is 0.0714. The number of ether oxygens (including phenoxy) is 1. The zero-order valence-corrected chi connectivity index (χ0v) is 11.5. The number of anilines is 1. The number of nitrogens with zero attached hydrogens (tertiary/aromatic N) is 1. The SMILES string of the molecule is Nc1cccc(OCc2nc3cc(Cl)ccc3s2)c1. The molecule has 0 aliphatic rings. The van der Waals surface area contributed by atoms with Crippen LogP contribution in [0.2, 0.25) is 5.02 Å². The van der Waals surface area contributed by atoms with Crippen molar-refractivity contribution in [3.63, 3.8) is 0 Å². The van der Waals surface area contributed by atoms with Gasteiger partial charge in [-0.25, -0.2) is 4.98 Å². The highest BCUT2D eigenvalue weighted by molar-refractivity contribution is 7.18. The lowest BCUT2D eigenvalue weighted by atomic mass is 10.3. The van der Waals surface area contributed by atoms with Crippen LogP contribution in [0.15, 0.2) is 42.5 Å². The number of benzene rings is 2. The summed E-state index contributed by atoms with van der Waals surface area (Å²) < 4.78 is 6.77. The van der Waals surface area contributed by atoms with Crippen molar-refractivity contribution in [3.05, 3.63) is 52.5 Å². The van der Waals surface area contributed by atoms with Crippen LogP contribution >= 0.6 is 22.9 Å². The topological polar surface area (TPSA) is 48.1 Å². The van der Waals surface area contributed by atoms with E-state index in [4.69, 9.17) is 22.1 Å². The summed E-state index contributed by atoms with van der Waals surface area (Å²) in [5, 5.41) is 1.61. The molecule has 1 aromatic heterocycles. The van der Waals surface area contributed by atoms with Gasteiger partial charge in [0.25, 0.3) is 0 Å². The molecule has 2 N–H and O–H groups in total. The third kappa shape index (κ3) is 2.80. The first-order valence-electron chi connectivity index (χ1n) is 5.74. The number of rotatable bonds is 3. The van der Waals surface area contributed by atoms with Gasteiger partial charge in [0.2, 0.25) is 0 Å². The number of halogens is 1. The van der Waals surface area contributed by atoms with Gasteiger partial charge in [-0.05, 0) is 30.3 Å². The van der Waals surface area contributed by atoms with Gasteiger partial charge < -0.3 is 10.5 Å². The van der Waals surface area contributed by atoms with Crippen molar-refractivity contribution in [3.8, 4) is 5.75 Å². The Morgan fingerprint density at radius 1 is 1.21 bits per heavy atom. The molecule has 3 nitrogen and oxygen atoms in total. The van der Waals surface area contributed by atoms with Crippen molar-refractivity contribution < 1.29 is 4.74 Å². The molecule has 0 atom stereocenters. The molecule has 5 heteroatoms. The van der Waals surface area contributed by atoms with Crippen molar-refractivity contribution in [1.29, 1.82) is 0 Å². The summed E-state index contributed by atoms with van der Waals surface area (Å²) in [4.78, 5) is 4.49. The molecule has 0 radical (unpaired) electrons. The molecule has 0 unspecified atom stereocenters. The highest BCUT2D eigenvalue weighted by Crippen LogP contribution is 2.26. The molecule has 0 spiro atoms. The fourth-order valence-electron chi connectivity index (χ4n) is 1.76. The first kappa shape index (κ1) is 12.3. The molecule has 0 saturated heterocycles. The van der Waals surface area contributed by atoms with E-state index in [1.807, 2.05) is 36.4 Å². The van der Waals surface area contributed by atoms with Gasteiger partial charge in [-0.2, -0.15) is 0 Å². The van der Waals surface area contributed by atoms with Crippen LogP contribution in [0.5, 0.6) is 5.75 Å². The molecule has 96 valence electrons. The number of nitrogens with two attached hydrogens (primary N) is 1. The molecular formula is C14H11ClN2OS. The highest BCUT2D eigenvalue weighted by Gasteiger charge is 2.05. The van der Waals surface area contributed by atoms with Gasteiger partial charge in [-0.15, -0.1) is 11.3 Å². The van der Waals surface area contributed by atoms with Crippen LogP contribution in [0.4, 0.5) is 5.69 Å². The minimum atomic E-state index is 0.431. The molecule has 0 aliphatic heterocycles. The Morgan fingerprint density at radius 3 is 2.95 bits per heavy atom. The molecule has 0 amide bonds. The van der Waals surface area contributed by atoms with E-state index in [9.17, 15) is 0 Å². The summed E-state index contributed by atoms with van der Waals surface area (Å²) in [6.07, 6.45) is 0. The molecular weight excluding hydrogens is 280 g/mol. The summed E-state index contributed by atoms with van der Waals surface area (Å²) in [5.74, 6) is 0.747. The summed E-state index contributed by atoms with van der Waals surface area (Å²) in [5.41, 5.74) is 7.29. The van der Waals surface area contributed by atoms with Crippen LogP contribution in [-0.2, 0) is 6.61 Å². The van der Waals surface area contributed by atoms with Crippen molar-refractivity contribution in [2.45, 2.75) is 6.61 Å². The second kappa shape index (κ2) is 5.07. The predicted octanol–water partition coefficient (Wildman–Crippen LogP) is 4.11. The molecule has 1 heterocycles. The Bertz CT molecular complexity index is 726. The second-order valence-electron chi connectivity index (χ2n) is 4.08. The molecule has 19 heavy (non-hydrogen) atoms. The average molecular weight is 291 g/mol. The minimum absolute atomic E-state index is 0.431. The van der Waals surface area contributed by atoms with E-state index in [1.165, 1.54) is 0 Å². The van der Waals surface area contributed by atoms with Gasteiger partial charge in [0.05, 0.1) is 10.2 Å². The van der Waals surface area contributed by atoms with E-state index < -0.39 is 0 Å². The van der Waals surface area contributed by atoms with Gasteiger partial charge >= 0.3 is 0 Å². The van der Waals surface area contributed by atoms with Crippen LogP contribution in [0.1, 0.15) is 5.01 Å². The van der Waals surface area contributed by atoms with Crippen LogP contribution in [0.25, 0.3) is 10.2 Å². The van der Waals surface area contributed by atoms with Crippen molar-refractivity contribution in [2.75, 3.05) is 5.73 Å². The van der Waals surface area contributed by atoms with E-state index in [0.717, 1.165) is 21.0 Å². The zero-order chi connectivity index (χ0) is 13.2. The van der Waals surface area contributed by atoms with E-state index >= 15 is 0 Å². The van der Waals surface area contributed by atoms with Gasteiger partial charge in [0.15, 0.2) is 0 Å². The maximum absolute atomic E-state index is 5.94. The van der Waals surface area contributed by atoms with E-state index in [0.29, 0.717) is 17.3 Å². The van der Waals surface area contributed by atoms with Crippen LogP contribution in [-0.4, -0.2) is 4.98 Å². The smallest absolute Gasteiger partial charge is 0.140 e. The maximum atomic E-state index is 5.94. The number of thiazole rings is 1. The first-order chi connectivity index (χ1) is 9.20. The highest BCUT2D eigenvalue weighted by atomic mass is 35.5. The van der Waals surface area contributed by atoms with Gasteiger partial charge in [-0.3, -0.25) is 0 Å². The lowest BCUT2D eigenvalue weighted by molar-refractivity contribution is 0.306. The third-order valence-electron chi connectivity index (χ3n) is 2.61. The van der Waals surface area contributed by atoms with Crippen molar-refractivity contribution in [2.24, 2.45) is 0 Å². The average Bonchev–Trinajstić information content (AvgIpc) is 2.78. The quantitative estimate of drug-likeness (QED) is 0.738. The van der Waals surface area contributed by atoms with Gasteiger partial charge in [0.1, 0.15) is 17.4 Å². The van der Waals surface area contributed by atoms with E-state index in [2.05, 4.69) is 4.98 Å². The van der Waals surface area contributed by atoms with Crippen LogP contribution in [0.3, 0.4) is 0 Å². The third-order valence-corrected chi connectivity index (χ3v) is 3.86. The number of hydrogen-bond acceptors (Lipinski definition) is 4. The number of fused-ring (bicyclic) bond motifs is 1. The maximum Gasteiger partial charge on any atom is 0.140 e. The molecule has 0 saturated carbocycles. The Hall–Kier alpha value is -1.78. The molecule has 0 bridgehead atoms. The molecule has 3 rings (SSSR count).